The Bertz CT molecular complexity index is 442. The minimum Gasteiger partial charge on any atom is -0.383 e. The van der Waals surface area contributed by atoms with Gasteiger partial charge in [0.15, 0.2) is 0 Å². The van der Waals surface area contributed by atoms with Crippen LogP contribution in [0.4, 0.5) is 5.82 Å². The molecular formula is C14H24N4O3. The summed E-state index contributed by atoms with van der Waals surface area (Å²) >= 11 is 0. The van der Waals surface area contributed by atoms with E-state index < -0.39 is 0 Å². The number of amides is 1. The first kappa shape index (κ1) is 17.3. The number of nitrogens with one attached hydrogen (secondary N) is 1. The van der Waals surface area contributed by atoms with Gasteiger partial charge in [-0.15, -0.1) is 0 Å². The molecule has 7 nitrogen and oxygen atoms in total. The van der Waals surface area contributed by atoms with Crippen molar-refractivity contribution in [3.8, 4) is 0 Å². The van der Waals surface area contributed by atoms with Crippen molar-refractivity contribution in [2.24, 2.45) is 0 Å². The van der Waals surface area contributed by atoms with E-state index in [2.05, 4.69) is 15.3 Å². The lowest BCUT2D eigenvalue weighted by Crippen LogP contribution is -2.43. The normalized spacial score (nSPS) is 12.0. The fourth-order valence-corrected chi connectivity index (χ4v) is 1.93. The second-order valence-corrected chi connectivity index (χ2v) is 4.62. The van der Waals surface area contributed by atoms with Crippen LogP contribution in [-0.4, -0.2) is 67.3 Å². The number of hydrogen-bond acceptors (Lipinski definition) is 6. The van der Waals surface area contributed by atoms with Crippen molar-refractivity contribution >= 4 is 11.7 Å². The zero-order valence-electron chi connectivity index (χ0n) is 13.1. The third-order valence-electron chi connectivity index (χ3n) is 2.95. The molecule has 0 radical (unpaired) electrons. The maximum atomic E-state index is 12.6. The van der Waals surface area contributed by atoms with Gasteiger partial charge in [-0.05, 0) is 13.8 Å². The van der Waals surface area contributed by atoms with E-state index in [9.17, 15) is 4.79 Å². The summed E-state index contributed by atoms with van der Waals surface area (Å²) in [5.74, 6) is 0.415. The molecule has 7 heteroatoms. The van der Waals surface area contributed by atoms with Crippen molar-refractivity contribution in [3.63, 3.8) is 0 Å². The molecule has 0 spiro atoms. The lowest BCUT2D eigenvalue weighted by atomic mass is 10.2. The van der Waals surface area contributed by atoms with E-state index in [1.807, 2.05) is 13.8 Å². The Morgan fingerprint density at radius 3 is 2.76 bits per heavy atom. The molecule has 0 saturated carbocycles. The average Bonchev–Trinajstić information content (AvgIpc) is 2.48. The molecule has 0 bridgehead atoms. The number of methoxy groups -OCH3 is 2. The molecule has 1 amide bonds. The van der Waals surface area contributed by atoms with Gasteiger partial charge in [-0.25, -0.2) is 4.98 Å². The van der Waals surface area contributed by atoms with Gasteiger partial charge in [0.2, 0.25) is 0 Å². The van der Waals surface area contributed by atoms with E-state index in [0.717, 1.165) is 6.54 Å². The minimum atomic E-state index is -0.177. The first-order valence-electron chi connectivity index (χ1n) is 6.98. The van der Waals surface area contributed by atoms with Crippen LogP contribution in [-0.2, 0) is 9.47 Å². The van der Waals surface area contributed by atoms with Gasteiger partial charge < -0.3 is 19.7 Å². The van der Waals surface area contributed by atoms with Crippen molar-refractivity contribution in [3.05, 3.63) is 18.1 Å². The van der Waals surface area contributed by atoms with E-state index in [-0.39, 0.29) is 11.9 Å². The Hall–Kier alpha value is -1.73. The Kier molecular flexibility index (Phi) is 7.63. The summed E-state index contributed by atoms with van der Waals surface area (Å²) in [5, 5.41) is 3.05. The van der Waals surface area contributed by atoms with E-state index in [1.165, 1.54) is 6.20 Å². The van der Waals surface area contributed by atoms with Crippen molar-refractivity contribution in [2.75, 3.05) is 45.8 Å². The summed E-state index contributed by atoms with van der Waals surface area (Å²) in [6.45, 7) is 6.00. The largest absolute Gasteiger partial charge is 0.383 e. The van der Waals surface area contributed by atoms with Crippen LogP contribution in [0.2, 0.25) is 0 Å². The molecule has 1 atom stereocenters. The third kappa shape index (κ3) is 5.28. The topological polar surface area (TPSA) is 76.6 Å². The van der Waals surface area contributed by atoms with E-state index in [1.54, 1.807) is 25.3 Å². The molecule has 0 aliphatic carbocycles. The molecule has 0 aliphatic rings. The number of carbonyl (C=O) groups is 1. The van der Waals surface area contributed by atoms with Gasteiger partial charge >= 0.3 is 0 Å². The van der Waals surface area contributed by atoms with Crippen LogP contribution in [0.25, 0.3) is 0 Å². The van der Waals surface area contributed by atoms with E-state index in [4.69, 9.17) is 9.47 Å². The highest BCUT2D eigenvalue weighted by molar-refractivity contribution is 5.92. The molecule has 0 aliphatic heterocycles. The summed E-state index contributed by atoms with van der Waals surface area (Å²) in [6, 6.07) is -0.0674. The second-order valence-electron chi connectivity index (χ2n) is 4.62. The van der Waals surface area contributed by atoms with Gasteiger partial charge in [0.1, 0.15) is 11.5 Å². The average molecular weight is 296 g/mol. The van der Waals surface area contributed by atoms with Crippen LogP contribution in [0.5, 0.6) is 0 Å². The van der Waals surface area contributed by atoms with Crippen molar-refractivity contribution in [2.45, 2.75) is 19.9 Å². The summed E-state index contributed by atoms with van der Waals surface area (Å²) in [7, 11) is 3.22. The summed E-state index contributed by atoms with van der Waals surface area (Å²) in [6.07, 6.45) is 3.07. The van der Waals surface area contributed by atoms with Crippen molar-refractivity contribution in [1.29, 1.82) is 0 Å². The number of rotatable bonds is 9. The first-order chi connectivity index (χ1) is 10.1. The minimum absolute atomic E-state index is 0.0674. The Morgan fingerprint density at radius 2 is 2.14 bits per heavy atom. The van der Waals surface area contributed by atoms with Gasteiger partial charge in [0.25, 0.3) is 5.91 Å². The molecule has 0 saturated heterocycles. The molecule has 21 heavy (non-hydrogen) atoms. The number of hydrogen-bond donors (Lipinski definition) is 1. The number of aromatic nitrogens is 2. The summed E-state index contributed by atoms with van der Waals surface area (Å²) in [5.41, 5.74) is 0.313. The Balaban J connectivity index is 2.89. The maximum Gasteiger partial charge on any atom is 0.274 e. The van der Waals surface area contributed by atoms with E-state index >= 15 is 0 Å². The van der Waals surface area contributed by atoms with Crippen LogP contribution in [0.1, 0.15) is 24.3 Å². The molecule has 0 aromatic carbocycles. The fraction of sp³-hybridized carbons (Fsp3) is 0.643. The third-order valence-corrected chi connectivity index (χ3v) is 2.95. The summed E-state index contributed by atoms with van der Waals surface area (Å²) in [4.78, 5) is 22.6. The number of anilines is 1. The summed E-state index contributed by atoms with van der Waals surface area (Å²) < 4.78 is 10.2. The molecule has 1 aromatic heterocycles. The highest BCUT2D eigenvalue weighted by Gasteiger charge is 2.22. The van der Waals surface area contributed by atoms with Crippen LogP contribution in [0.15, 0.2) is 12.4 Å². The van der Waals surface area contributed by atoms with Gasteiger partial charge in [0.05, 0.1) is 31.6 Å². The Labute approximate surface area is 125 Å². The van der Waals surface area contributed by atoms with Gasteiger partial charge in [-0.1, -0.05) is 0 Å². The van der Waals surface area contributed by atoms with Crippen molar-refractivity contribution < 1.29 is 14.3 Å². The van der Waals surface area contributed by atoms with Gasteiger partial charge in [-0.3, -0.25) is 9.78 Å². The standard InChI is InChI=1S/C14H24N4O3/c1-5-16-13-9-15-8-12(17-13)14(19)18(6-7-20-3)11(2)10-21-4/h8-9,11H,5-7,10H2,1-4H3,(H,16,17). The zero-order valence-corrected chi connectivity index (χ0v) is 13.1. The highest BCUT2D eigenvalue weighted by atomic mass is 16.5. The molecule has 1 N–H and O–H groups in total. The SMILES string of the molecule is CCNc1cncc(C(=O)N(CCOC)C(C)COC)n1. The molecule has 1 heterocycles. The number of carbonyl (C=O) groups excluding carboxylic acids is 1. The zero-order chi connectivity index (χ0) is 15.7. The second kappa shape index (κ2) is 9.25. The molecule has 0 fully saturated rings. The Morgan fingerprint density at radius 1 is 1.38 bits per heavy atom. The smallest absolute Gasteiger partial charge is 0.274 e. The predicted octanol–water partition coefficient (Wildman–Crippen LogP) is 1.03. The lowest BCUT2D eigenvalue weighted by molar-refractivity contribution is 0.0474. The fourth-order valence-electron chi connectivity index (χ4n) is 1.93. The number of ether oxygens (including phenoxy) is 2. The van der Waals surface area contributed by atoms with Crippen molar-refractivity contribution in [1.82, 2.24) is 14.9 Å². The quantitative estimate of drug-likeness (QED) is 0.733. The number of nitrogens with zero attached hydrogens (tertiary/aromatic N) is 3. The molecular weight excluding hydrogens is 272 g/mol. The molecule has 1 unspecified atom stereocenters. The van der Waals surface area contributed by atoms with E-state index in [0.29, 0.717) is 31.3 Å². The van der Waals surface area contributed by atoms with Crippen LogP contribution in [0.3, 0.4) is 0 Å². The highest BCUT2D eigenvalue weighted by Crippen LogP contribution is 2.09. The van der Waals surface area contributed by atoms with Gasteiger partial charge in [0, 0.05) is 27.3 Å². The van der Waals surface area contributed by atoms with Crippen LogP contribution in [0, 0.1) is 0 Å². The molecule has 1 rings (SSSR count). The van der Waals surface area contributed by atoms with Gasteiger partial charge in [-0.2, -0.15) is 0 Å². The van der Waals surface area contributed by atoms with Crippen LogP contribution >= 0.6 is 0 Å². The predicted molar refractivity (Wildman–Crippen MR) is 80.4 cm³/mol. The first-order valence-corrected chi connectivity index (χ1v) is 6.98. The monoisotopic (exact) mass is 296 g/mol. The lowest BCUT2D eigenvalue weighted by Gasteiger charge is -2.28. The molecule has 118 valence electrons. The maximum absolute atomic E-state index is 12.6. The molecule has 1 aromatic rings. The van der Waals surface area contributed by atoms with Crippen LogP contribution < -0.4 is 5.32 Å².